The van der Waals surface area contributed by atoms with E-state index >= 15 is 0 Å². The second-order valence-electron chi connectivity index (χ2n) is 18.5. The smallest absolute Gasteiger partial charge is 0.349 e. The van der Waals surface area contributed by atoms with Crippen LogP contribution in [0, 0.1) is 56.7 Å². The highest BCUT2D eigenvalue weighted by atomic mass is 16.6. The maximum atomic E-state index is 14.8. The van der Waals surface area contributed by atoms with Crippen LogP contribution in [0.2, 0.25) is 0 Å². The van der Waals surface area contributed by atoms with Crippen molar-refractivity contribution in [2.45, 2.75) is 5.92 Å². The van der Waals surface area contributed by atoms with Gasteiger partial charge in [0.2, 0.25) is 0 Å². The molecule has 0 heterocycles. The third-order valence-electron chi connectivity index (χ3n) is 13.2. The van der Waals surface area contributed by atoms with Crippen LogP contribution in [-0.4, -0.2) is 50.3 Å². The second kappa shape index (κ2) is 27.7. The highest BCUT2D eigenvalue weighted by Gasteiger charge is 2.42. The quantitative estimate of drug-likeness (QED) is 0.0286. The van der Waals surface area contributed by atoms with Crippen molar-refractivity contribution in [2.75, 3.05) is 26.4 Å². The van der Waals surface area contributed by atoms with Crippen molar-refractivity contribution in [2.24, 2.45) is 11.3 Å². The molecular weight excluding hydrogens is 1010 g/mol. The van der Waals surface area contributed by atoms with Crippen LogP contribution < -0.4 is 0 Å². The molecule has 0 spiro atoms. The summed E-state index contributed by atoms with van der Waals surface area (Å²) in [5, 5.41) is 43.3. The predicted octanol–water partition coefficient (Wildman–Crippen LogP) is 12.2. The zero-order chi connectivity index (χ0) is 56.8. The molecule has 0 saturated carbocycles. The van der Waals surface area contributed by atoms with Gasteiger partial charge >= 0.3 is 23.9 Å². The van der Waals surface area contributed by atoms with E-state index in [2.05, 4.69) is 6.07 Å². The van der Waals surface area contributed by atoms with Crippen LogP contribution in [-0.2, 0) is 38.1 Å². The molecule has 0 bridgehead atoms. The van der Waals surface area contributed by atoms with Gasteiger partial charge in [-0.05, 0) is 44.5 Å². The van der Waals surface area contributed by atoms with Crippen molar-refractivity contribution < 1.29 is 38.1 Å². The fraction of sp³-hybridized carbons (Fsp3) is 0.101. The van der Waals surface area contributed by atoms with Crippen molar-refractivity contribution >= 4 is 40.6 Å². The van der Waals surface area contributed by atoms with Crippen molar-refractivity contribution in [1.82, 2.24) is 0 Å². The van der Waals surface area contributed by atoms with E-state index in [-0.39, 0.29) is 16.7 Å². The van der Waals surface area contributed by atoms with E-state index in [1.807, 2.05) is 18.2 Å². The second-order valence-corrected chi connectivity index (χ2v) is 18.5. The normalized spacial score (nSPS) is 10.9. The third-order valence-corrected chi connectivity index (χ3v) is 13.2. The van der Waals surface area contributed by atoms with Crippen molar-refractivity contribution in [3.8, 4) is 24.3 Å². The summed E-state index contributed by atoms with van der Waals surface area (Å²) in [6, 6.07) is 78.1. The molecular formula is C69H50N4O8. The molecule has 394 valence electrons. The minimum Gasteiger partial charge on any atom is -0.464 e. The number of rotatable bonds is 21. The average molecular weight is 1060 g/mol. The Bertz CT molecular complexity index is 3280. The first kappa shape index (κ1) is 56.0. The van der Waals surface area contributed by atoms with Crippen LogP contribution in [0.15, 0.2) is 259 Å². The number of hydrogen-bond donors (Lipinski definition) is 0. The minimum atomic E-state index is -2.10. The highest BCUT2D eigenvalue weighted by molar-refractivity contribution is 6.07. The van der Waals surface area contributed by atoms with Gasteiger partial charge in [0.25, 0.3) is 0 Å². The lowest BCUT2D eigenvalue weighted by Gasteiger charge is -2.32. The van der Waals surface area contributed by atoms with Crippen molar-refractivity contribution in [3.05, 3.63) is 304 Å². The monoisotopic (exact) mass is 1060 g/mol. The number of hydrogen-bond acceptors (Lipinski definition) is 12. The Kier molecular flexibility index (Phi) is 19.2. The Hall–Kier alpha value is -11.2. The molecule has 0 aliphatic heterocycles. The van der Waals surface area contributed by atoms with Gasteiger partial charge in [0.05, 0.1) is 6.07 Å². The predicted molar refractivity (Wildman–Crippen MR) is 304 cm³/mol. The Morgan fingerprint density at radius 1 is 0.333 bits per heavy atom. The van der Waals surface area contributed by atoms with Gasteiger partial charge in [-0.1, -0.05) is 243 Å². The van der Waals surface area contributed by atoms with Gasteiger partial charge in [0, 0.05) is 22.6 Å². The molecule has 8 aromatic rings. The Balaban J connectivity index is 1.26. The van der Waals surface area contributed by atoms with Crippen LogP contribution in [0.4, 0.5) is 0 Å². The molecule has 0 N–H and O–H groups in total. The van der Waals surface area contributed by atoms with Crippen LogP contribution in [0.1, 0.15) is 50.4 Å². The van der Waals surface area contributed by atoms with E-state index < -0.39 is 84.3 Å². The van der Waals surface area contributed by atoms with Gasteiger partial charge in [-0.25, -0.2) is 14.4 Å². The van der Waals surface area contributed by atoms with Crippen LogP contribution >= 0.6 is 0 Å². The summed E-state index contributed by atoms with van der Waals surface area (Å²) in [4.78, 5) is 59.0. The fourth-order valence-corrected chi connectivity index (χ4v) is 9.20. The van der Waals surface area contributed by atoms with Gasteiger partial charge in [-0.3, -0.25) is 4.79 Å². The number of ether oxygens (including phenoxy) is 4. The number of nitrogens with zero attached hydrogens (tertiary/aromatic N) is 4. The number of nitriles is 4. The molecule has 12 heteroatoms. The van der Waals surface area contributed by atoms with Gasteiger partial charge in [-0.15, -0.1) is 0 Å². The van der Waals surface area contributed by atoms with Crippen LogP contribution in [0.25, 0.3) is 16.7 Å². The lowest BCUT2D eigenvalue weighted by atomic mass is 9.81. The molecule has 0 amide bonds. The molecule has 81 heavy (non-hydrogen) atoms. The molecule has 0 aliphatic carbocycles. The molecule has 8 rings (SSSR count). The van der Waals surface area contributed by atoms with Crippen LogP contribution in [0.3, 0.4) is 0 Å². The average Bonchev–Trinajstić information content (AvgIpc) is 3.55. The molecule has 8 aromatic carbocycles. The Labute approximate surface area is 469 Å². The molecule has 1 atom stereocenters. The summed E-state index contributed by atoms with van der Waals surface area (Å²) < 4.78 is 24.4. The summed E-state index contributed by atoms with van der Waals surface area (Å²) in [5.41, 5.74) is 1.51. The van der Waals surface area contributed by atoms with E-state index in [9.17, 15) is 40.2 Å². The van der Waals surface area contributed by atoms with Gasteiger partial charge < -0.3 is 18.9 Å². The number of carbonyl (C=O) groups excluding carboxylic acids is 4. The molecule has 0 fully saturated rings. The van der Waals surface area contributed by atoms with E-state index in [4.69, 9.17) is 18.9 Å². The number of benzene rings is 8. The van der Waals surface area contributed by atoms with Gasteiger partial charge in [-0.2, -0.15) is 21.0 Å². The van der Waals surface area contributed by atoms with E-state index in [0.717, 1.165) is 0 Å². The zero-order valence-corrected chi connectivity index (χ0v) is 43.6. The van der Waals surface area contributed by atoms with E-state index in [1.54, 1.807) is 243 Å². The lowest BCUT2D eigenvalue weighted by Crippen LogP contribution is -2.45. The molecule has 1 unspecified atom stereocenters. The fourth-order valence-electron chi connectivity index (χ4n) is 9.20. The summed E-state index contributed by atoms with van der Waals surface area (Å²) in [6.45, 7) is -3.52. The van der Waals surface area contributed by atoms with Crippen LogP contribution in [0.5, 0.6) is 0 Å². The van der Waals surface area contributed by atoms with Crippen molar-refractivity contribution in [3.63, 3.8) is 0 Å². The topological polar surface area (TPSA) is 200 Å². The lowest BCUT2D eigenvalue weighted by molar-refractivity contribution is -0.168. The summed E-state index contributed by atoms with van der Waals surface area (Å²) in [5.74, 6) is -6.88. The first-order valence-corrected chi connectivity index (χ1v) is 25.6. The maximum Gasteiger partial charge on any atom is 0.349 e. The molecule has 0 aliphatic rings. The first-order chi connectivity index (χ1) is 39.7. The Morgan fingerprint density at radius 2 is 0.556 bits per heavy atom. The van der Waals surface area contributed by atoms with E-state index in [1.165, 1.54) is 0 Å². The third kappa shape index (κ3) is 13.9. The SMILES string of the molecule is N#CC(C(=O)OCC(COC(=O)C(C#N)=C(c1ccccc1)c1ccccc1)(COC(=O)C(C#N)=C(c1ccccc1)c1ccccc1)COC(=O)C(C#N)C(c1ccccc1)c1ccccc1)=C(c1ccccc1)c1ccccc1. The summed E-state index contributed by atoms with van der Waals surface area (Å²) in [7, 11) is 0. The minimum absolute atomic E-state index is 0.222. The summed E-state index contributed by atoms with van der Waals surface area (Å²) in [6.07, 6.45) is 0. The van der Waals surface area contributed by atoms with Crippen molar-refractivity contribution in [1.29, 1.82) is 21.0 Å². The molecule has 12 nitrogen and oxygen atoms in total. The maximum absolute atomic E-state index is 14.8. The molecule has 0 aromatic heterocycles. The van der Waals surface area contributed by atoms with Gasteiger partial charge in [0.15, 0.2) is 5.92 Å². The van der Waals surface area contributed by atoms with Gasteiger partial charge in [0.1, 0.15) is 66.8 Å². The first-order valence-electron chi connectivity index (χ1n) is 25.6. The standard InChI is InChI=1S/C69H50N4O8/c70-41-57(61(49-25-9-1-10-26-49)50-27-11-2-12-28-50)65(74)78-45-69(46-79-66(75)58(42-71)62(51-29-13-3-14-30-51)52-31-15-4-16-32-52,47-80-67(76)59(43-72)63(53-33-17-5-18-34-53)54-35-19-6-20-36-54)48-81-68(77)60(44-73)64(55-37-21-7-22-38-55)56-39-23-8-24-40-56/h1-40,57,61H,45-48H2. The molecule has 0 saturated heterocycles. The zero-order valence-electron chi connectivity index (χ0n) is 43.6. The largest absolute Gasteiger partial charge is 0.464 e. The number of esters is 4. The molecule has 0 radical (unpaired) electrons. The number of carbonyl (C=O) groups is 4. The highest BCUT2D eigenvalue weighted by Crippen LogP contribution is 2.36. The van der Waals surface area contributed by atoms with E-state index in [0.29, 0.717) is 44.5 Å². The Morgan fingerprint density at radius 3 is 0.778 bits per heavy atom. The summed E-state index contributed by atoms with van der Waals surface area (Å²) >= 11 is 0.